The van der Waals surface area contributed by atoms with Gasteiger partial charge in [0, 0.05) is 48.9 Å². The molecule has 2 aromatic rings. The van der Waals surface area contributed by atoms with Crippen LogP contribution < -0.4 is 5.32 Å². The fourth-order valence-electron chi connectivity index (χ4n) is 3.41. The molecule has 0 bridgehead atoms. The molecule has 0 unspecified atom stereocenters. The zero-order valence-electron chi connectivity index (χ0n) is 16.2. The molecule has 1 aliphatic heterocycles. The summed E-state index contributed by atoms with van der Waals surface area (Å²) in [5.74, 6) is 0.0588. The topological polar surface area (TPSA) is 52.7 Å². The van der Waals surface area contributed by atoms with Crippen LogP contribution in [0.25, 0.3) is 0 Å². The lowest BCUT2D eigenvalue weighted by molar-refractivity contribution is -0.116. The highest BCUT2D eigenvalue weighted by Gasteiger charge is 2.20. The highest BCUT2D eigenvalue weighted by atomic mass is 35.5. The van der Waals surface area contributed by atoms with Crippen molar-refractivity contribution in [1.82, 2.24) is 9.80 Å². The van der Waals surface area contributed by atoms with E-state index in [1.54, 1.807) is 12.1 Å². The van der Waals surface area contributed by atoms with E-state index in [9.17, 15) is 9.59 Å². The number of hydrogen-bond acceptors (Lipinski definition) is 3. The second-order valence-corrected chi connectivity index (χ2v) is 7.60. The molecular formula is C22H26ClN3O2. The van der Waals surface area contributed by atoms with Gasteiger partial charge >= 0.3 is 0 Å². The molecular weight excluding hydrogens is 374 g/mol. The van der Waals surface area contributed by atoms with Gasteiger partial charge in [-0.25, -0.2) is 0 Å². The molecule has 0 saturated carbocycles. The van der Waals surface area contributed by atoms with E-state index in [1.807, 2.05) is 48.2 Å². The Labute approximate surface area is 171 Å². The van der Waals surface area contributed by atoms with E-state index in [-0.39, 0.29) is 11.8 Å². The average Bonchev–Trinajstić information content (AvgIpc) is 2.91. The zero-order valence-corrected chi connectivity index (χ0v) is 16.9. The summed E-state index contributed by atoms with van der Waals surface area (Å²) in [6.07, 6.45) is 1.33. The SMILES string of the molecule is Cc1cccc(C(=O)N2CCCN(CCC(=O)Nc3cccc(Cl)c3)CC2)c1. The standard InChI is InChI=1S/C22H26ClN3O2/c1-17-5-2-6-18(15-17)22(28)26-11-4-10-25(13-14-26)12-9-21(27)24-20-8-3-7-19(23)16-20/h2-3,5-8,15-16H,4,9-14H2,1H3,(H,24,27). The monoisotopic (exact) mass is 399 g/mol. The Kier molecular flexibility index (Phi) is 7.06. The molecule has 1 N–H and O–H groups in total. The van der Waals surface area contributed by atoms with Crippen LogP contribution in [0.3, 0.4) is 0 Å². The Hall–Kier alpha value is -2.37. The van der Waals surface area contributed by atoms with Crippen molar-refractivity contribution in [3.05, 3.63) is 64.7 Å². The molecule has 0 radical (unpaired) electrons. The maximum absolute atomic E-state index is 12.7. The van der Waals surface area contributed by atoms with Gasteiger partial charge in [0.2, 0.25) is 5.91 Å². The van der Waals surface area contributed by atoms with Gasteiger partial charge in [0.1, 0.15) is 0 Å². The number of nitrogens with zero attached hydrogens (tertiary/aromatic N) is 2. The molecule has 1 saturated heterocycles. The molecule has 2 amide bonds. The molecule has 0 atom stereocenters. The Bertz CT molecular complexity index is 840. The van der Waals surface area contributed by atoms with Crippen molar-refractivity contribution in [1.29, 1.82) is 0 Å². The maximum atomic E-state index is 12.7. The number of benzene rings is 2. The number of halogens is 1. The molecule has 3 rings (SSSR count). The number of aryl methyl sites for hydroxylation is 1. The predicted molar refractivity (Wildman–Crippen MR) is 113 cm³/mol. The summed E-state index contributed by atoms with van der Waals surface area (Å²) >= 11 is 5.95. The predicted octanol–water partition coefficient (Wildman–Crippen LogP) is 3.83. The number of anilines is 1. The normalized spacial score (nSPS) is 15.1. The van der Waals surface area contributed by atoms with E-state index in [1.165, 1.54) is 0 Å². The molecule has 1 fully saturated rings. The van der Waals surface area contributed by atoms with Crippen LogP contribution >= 0.6 is 11.6 Å². The largest absolute Gasteiger partial charge is 0.337 e. The van der Waals surface area contributed by atoms with E-state index in [4.69, 9.17) is 11.6 Å². The second-order valence-electron chi connectivity index (χ2n) is 7.17. The molecule has 148 valence electrons. The van der Waals surface area contributed by atoms with Crippen molar-refractivity contribution in [2.24, 2.45) is 0 Å². The van der Waals surface area contributed by atoms with Gasteiger partial charge < -0.3 is 15.1 Å². The highest BCUT2D eigenvalue weighted by molar-refractivity contribution is 6.30. The van der Waals surface area contributed by atoms with Crippen LogP contribution in [-0.4, -0.2) is 54.3 Å². The first-order valence-corrected chi connectivity index (χ1v) is 10.0. The lowest BCUT2D eigenvalue weighted by Crippen LogP contribution is -2.36. The van der Waals surface area contributed by atoms with Crippen molar-refractivity contribution in [2.75, 3.05) is 38.0 Å². The van der Waals surface area contributed by atoms with Crippen LogP contribution in [0.5, 0.6) is 0 Å². The maximum Gasteiger partial charge on any atom is 0.253 e. The smallest absolute Gasteiger partial charge is 0.253 e. The molecule has 0 aromatic heterocycles. The molecule has 0 spiro atoms. The molecule has 5 nitrogen and oxygen atoms in total. The van der Waals surface area contributed by atoms with Crippen molar-refractivity contribution in [3.8, 4) is 0 Å². The van der Waals surface area contributed by atoms with Gasteiger partial charge in [-0.2, -0.15) is 0 Å². The third-order valence-electron chi connectivity index (χ3n) is 4.90. The Balaban J connectivity index is 1.47. The van der Waals surface area contributed by atoms with Gasteiger partial charge in [-0.15, -0.1) is 0 Å². The number of hydrogen-bond donors (Lipinski definition) is 1. The van der Waals surface area contributed by atoms with Crippen LogP contribution in [0.2, 0.25) is 5.02 Å². The van der Waals surface area contributed by atoms with Crippen LogP contribution in [0.15, 0.2) is 48.5 Å². The summed E-state index contributed by atoms with van der Waals surface area (Å²) < 4.78 is 0. The third-order valence-corrected chi connectivity index (χ3v) is 5.14. The molecule has 6 heteroatoms. The number of carbonyl (C=O) groups excluding carboxylic acids is 2. The van der Waals surface area contributed by atoms with Gasteiger partial charge in [0.15, 0.2) is 0 Å². The van der Waals surface area contributed by atoms with Crippen molar-refractivity contribution in [2.45, 2.75) is 19.8 Å². The third kappa shape index (κ3) is 5.81. The summed E-state index contributed by atoms with van der Waals surface area (Å²) in [4.78, 5) is 29.1. The number of carbonyl (C=O) groups is 2. The van der Waals surface area contributed by atoms with Gasteiger partial charge in [0.05, 0.1) is 0 Å². The Morgan fingerprint density at radius 2 is 1.86 bits per heavy atom. The van der Waals surface area contributed by atoms with E-state index >= 15 is 0 Å². The summed E-state index contributed by atoms with van der Waals surface area (Å²) in [6.45, 7) is 5.78. The first-order valence-electron chi connectivity index (χ1n) is 9.65. The summed E-state index contributed by atoms with van der Waals surface area (Å²) in [6, 6.07) is 14.9. The highest BCUT2D eigenvalue weighted by Crippen LogP contribution is 2.15. The van der Waals surface area contributed by atoms with Gasteiger partial charge in [-0.05, 0) is 50.2 Å². The molecule has 1 aliphatic rings. The van der Waals surface area contributed by atoms with E-state index in [2.05, 4.69) is 10.2 Å². The lowest BCUT2D eigenvalue weighted by atomic mass is 10.1. The summed E-state index contributed by atoms with van der Waals surface area (Å²) in [5.41, 5.74) is 2.55. The summed E-state index contributed by atoms with van der Waals surface area (Å²) in [5, 5.41) is 3.48. The van der Waals surface area contributed by atoms with Crippen molar-refractivity contribution in [3.63, 3.8) is 0 Å². The quantitative estimate of drug-likeness (QED) is 0.831. The van der Waals surface area contributed by atoms with Crippen LogP contribution in [0, 0.1) is 6.92 Å². The fourth-order valence-corrected chi connectivity index (χ4v) is 3.60. The number of amides is 2. The first-order chi connectivity index (χ1) is 13.5. The van der Waals surface area contributed by atoms with E-state index in [0.717, 1.165) is 37.2 Å². The molecule has 2 aromatic carbocycles. The average molecular weight is 400 g/mol. The van der Waals surface area contributed by atoms with E-state index < -0.39 is 0 Å². The van der Waals surface area contributed by atoms with Gasteiger partial charge in [0.25, 0.3) is 5.91 Å². The Morgan fingerprint density at radius 1 is 1.04 bits per heavy atom. The van der Waals surface area contributed by atoms with Crippen LogP contribution in [-0.2, 0) is 4.79 Å². The van der Waals surface area contributed by atoms with E-state index in [0.29, 0.717) is 30.2 Å². The summed E-state index contributed by atoms with van der Waals surface area (Å²) in [7, 11) is 0. The number of nitrogens with one attached hydrogen (secondary N) is 1. The minimum absolute atomic E-state index is 0.0285. The van der Waals surface area contributed by atoms with Gasteiger partial charge in [-0.1, -0.05) is 35.4 Å². The van der Waals surface area contributed by atoms with Crippen LogP contribution in [0.1, 0.15) is 28.8 Å². The Morgan fingerprint density at radius 3 is 2.64 bits per heavy atom. The van der Waals surface area contributed by atoms with Gasteiger partial charge in [-0.3, -0.25) is 9.59 Å². The minimum atomic E-state index is -0.0285. The molecule has 0 aliphatic carbocycles. The first kappa shape index (κ1) is 20.4. The number of rotatable bonds is 5. The molecule has 28 heavy (non-hydrogen) atoms. The van der Waals surface area contributed by atoms with Crippen LogP contribution in [0.4, 0.5) is 5.69 Å². The fraction of sp³-hybridized carbons (Fsp3) is 0.364. The van der Waals surface area contributed by atoms with Crippen molar-refractivity contribution >= 4 is 29.1 Å². The lowest BCUT2D eigenvalue weighted by Gasteiger charge is -2.22. The minimum Gasteiger partial charge on any atom is -0.337 e. The van der Waals surface area contributed by atoms with Crippen molar-refractivity contribution < 1.29 is 9.59 Å². The zero-order chi connectivity index (χ0) is 19.9. The second kappa shape index (κ2) is 9.71. The molecule has 1 heterocycles.